The summed E-state index contributed by atoms with van der Waals surface area (Å²) in [4.78, 5) is 19.9. The lowest BCUT2D eigenvalue weighted by atomic mass is 10.2. The van der Waals surface area contributed by atoms with Crippen LogP contribution < -0.4 is 0 Å². The van der Waals surface area contributed by atoms with Crippen molar-refractivity contribution in [1.29, 1.82) is 0 Å². The predicted molar refractivity (Wildman–Crippen MR) is 106 cm³/mol. The van der Waals surface area contributed by atoms with Gasteiger partial charge >= 0.3 is 5.97 Å². The summed E-state index contributed by atoms with van der Waals surface area (Å²) in [5.74, 6) is -0.378. The normalized spacial score (nSPS) is 11.2. The van der Waals surface area contributed by atoms with Crippen molar-refractivity contribution in [2.45, 2.75) is 6.61 Å². The summed E-state index contributed by atoms with van der Waals surface area (Å²) in [5, 5.41) is 11.8. The maximum Gasteiger partial charge on any atom is 0.340 e. The van der Waals surface area contributed by atoms with Crippen LogP contribution in [0.3, 0.4) is 0 Å². The number of rotatable bonds is 3. The first-order valence-electron chi connectivity index (χ1n) is 7.74. The van der Waals surface area contributed by atoms with E-state index in [-0.39, 0.29) is 12.4 Å². The van der Waals surface area contributed by atoms with E-state index in [4.69, 9.17) is 4.74 Å². The van der Waals surface area contributed by atoms with E-state index in [0.29, 0.717) is 21.2 Å². The molecule has 0 aliphatic rings. The maximum atomic E-state index is 12.4. The number of hydrogen-bond acceptors (Lipinski definition) is 4. The molecule has 0 atom stereocenters. The standard InChI is InChI=1S/C19H12Br2N2O3/c20-14-7-15(21)18(24)17-12(14)6-5-10(23-17)9-26-19(25)13-8-22-16-4-2-1-3-11(13)16/h1-8,22,24H,9H2. The van der Waals surface area contributed by atoms with Crippen molar-refractivity contribution in [3.8, 4) is 5.75 Å². The number of para-hydroxylation sites is 1. The van der Waals surface area contributed by atoms with Gasteiger partial charge in [-0.25, -0.2) is 9.78 Å². The van der Waals surface area contributed by atoms with Crippen molar-refractivity contribution in [3.05, 3.63) is 68.9 Å². The number of carbonyl (C=O) groups is 1. The molecule has 0 aliphatic heterocycles. The lowest BCUT2D eigenvalue weighted by molar-refractivity contribution is 0.0470. The molecule has 0 saturated heterocycles. The molecule has 0 spiro atoms. The molecule has 2 aromatic heterocycles. The lowest BCUT2D eigenvalue weighted by Gasteiger charge is -2.08. The van der Waals surface area contributed by atoms with E-state index in [1.807, 2.05) is 30.3 Å². The third-order valence-electron chi connectivity index (χ3n) is 4.07. The molecule has 0 unspecified atom stereocenters. The number of nitrogens with one attached hydrogen (secondary N) is 1. The summed E-state index contributed by atoms with van der Waals surface area (Å²) in [6.07, 6.45) is 1.64. The summed E-state index contributed by atoms with van der Waals surface area (Å²) in [7, 11) is 0. The Morgan fingerprint density at radius 3 is 2.77 bits per heavy atom. The van der Waals surface area contributed by atoms with Crippen LogP contribution in [0.2, 0.25) is 0 Å². The Labute approximate surface area is 165 Å². The van der Waals surface area contributed by atoms with E-state index in [0.717, 1.165) is 20.8 Å². The van der Waals surface area contributed by atoms with Gasteiger partial charge in [0.25, 0.3) is 0 Å². The second kappa shape index (κ2) is 6.74. The molecule has 2 aromatic carbocycles. The van der Waals surface area contributed by atoms with Crippen LogP contribution >= 0.6 is 31.9 Å². The number of phenols is 1. The van der Waals surface area contributed by atoms with Gasteiger partial charge in [0.2, 0.25) is 0 Å². The van der Waals surface area contributed by atoms with Gasteiger partial charge < -0.3 is 14.8 Å². The van der Waals surface area contributed by atoms with E-state index < -0.39 is 5.97 Å². The fourth-order valence-electron chi connectivity index (χ4n) is 2.78. The molecular formula is C19H12Br2N2O3. The average Bonchev–Trinajstić information content (AvgIpc) is 3.08. The second-order valence-corrected chi connectivity index (χ2v) is 7.42. The fourth-order valence-corrected chi connectivity index (χ4v) is 4.05. The van der Waals surface area contributed by atoms with Crippen molar-refractivity contribution in [2.24, 2.45) is 0 Å². The van der Waals surface area contributed by atoms with E-state index in [2.05, 4.69) is 41.8 Å². The number of aromatic hydroxyl groups is 1. The van der Waals surface area contributed by atoms with Crippen molar-refractivity contribution >= 4 is 59.6 Å². The number of phenolic OH excluding ortho intramolecular Hbond substituents is 1. The monoisotopic (exact) mass is 474 g/mol. The van der Waals surface area contributed by atoms with Crippen LogP contribution in [0.5, 0.6) is 5.75 Å². The molecule has 0 aliphatic carbocycles. The van der Waals surface area contributed by atoms with Crippen LogP contribution in [-0.2, 0) is 11.3 Å². The molecule has 2 N–H and O–H groups in total. The number of ether oxygens (including phenoxy) is 1. The van der Waals surface area contributed by atoms with E-state index >= 15 is 0 Å². The largest absolute Gasteiger partial charge is 0.505 e. The van der Waals surface area contributed by atoms with Crippen LogP contribution in [0, 0.1) is 0 Å². The van der Waals surface area contributed by atoms with Crippen LogP contribution in [0.25, 0.3) is 21.8 Å². The summed E-state index contributed by atoms with van der Waals surface area (Å²) in [5.41, 5.74) is 2.34. The maximum absolute atomic E-state index is 12.4. The molecule has 2 heterocycles. The molecule has 130 valence electrons. The van der Waals surface area contributed by atoms with Crippen molar-refractivity contribution in [3.63, 3.8) is 0 Å². The number of fused-ring (bicyclic) bond motifs is 2. The lowest BCUT2D eigenvalue weighted by Crippen LogP contribution is -2.05. The predicted octanol–water partition coefficient (Wildman–Crippen LogP) is 5.30. The first-order valence-corrected chi connectivity index (χ1v) is 9.33. The minimum absolute atomic E-state index is 0.0118. The van der Waals surface area contributed by atoms with Gasteiger partial charge in [0.15, 0.2) is 5.75 Å². The molecule has 4 aromatic rings. The highest BCUT2D eigenvalue weighted by Crippen LogP contribution is 2.36. The average molecular weight is 476 g/mol. The van der Waals surface area contributed by atoms with Crippen molar-refractivity contribution in [2.75, 3.05) is 0 Å². The Hall–Kier alpha value is -2.38. The molecule has 0 radical (unpaired) electrons. The zero-order valence-electron chi connectivity index (χ0n) is 13.3. The van der Waals surface area contributed by atoms with Crippen LogP contribution in [0.4, 0.5) is 0 Å². The van der Waals surface area contributed by atoms with Gasteiger partial charge in [-0.1, -0.05) is 34.1 Å². The number of H-pyrrole nitrogens is 1. The van der Waals surface area contributed by atoms with Gasteiger partial charge in [0, 0.05) is 27.0 Å². The van der Waals surface area contributed by atoms with Crippen LogP contribution in [-0.4, -0.2) is 21.0 Å². The van der Waals surface area contributed by atoms with E-state index in [9.17, 15) is 9.90 Å². The highest BCUT2D eigenvalue weighted by Gasteiger charge is 2.15. The van der Waals surface area contributed by atoms with E-state index in [1.165, 1.54) is 0 Å². The van der Waals surface area contributed by atoms with Crippen LogP contribution in [0.15, 0.2) is 57.6 Å². The minimum Gasteiger partial charge on any atom is -0.505 e. The molecule has 0 saturated carbocycles. The van der Waals surface area contributed by atoms with Crippen LogP contribution in [0.1, 0.15) is 16.1 Å². The van der Waals surface area contributed by atoms with Crippen molar-refractivity contribution < 1.29 is 14.6 Å². The Morgan fingerprint density at radius 2 is 1.92 bits per heavy atom. The fraction of sp³-hybridized carbons (Fsp3) is 0.0526. The molecule has 0 fully saturated rings. The molecule has 26 heavy (non-hydrogen) atoms. The first-order chi connectivity index (χ1) is 12.5. The molecule has 4 rings (SSSR count). The number of benzene rings is 2. The van der Waals surface area contributed by atoms with Gasteiger partial charge in [-0.05, 0) is 40.2 Å². The molecule has 5 nitrogen and oxygen atoms in total. The zero-order valence-corrected chi connectivity index (χ0v) is 16.5. The highest BCUT2D eigenvalue weighted by molar-refractivity contribution is 9.11. The topological polar surface area (TPSA) is 75.2 Å². The number of pyridine rings is 1. The number of nitrogens with zero attached hydrogens (tertiary/aromatic N) is 1. The number of carbonyl (C=O) groups excluding carboxylic acids is 1. The summed E-state index contributed by atoms with van der Waals surface area (Å²) in [6.45, 7) is 0.0118. The Morgan fingerprint density at radius 1 is 1.12 bits per heavy atom. The number of aromatic amines is 1. The Bertz CT molecular complexity index is 1150. The number of esters is 1. The molecule has 7 heteroatoms. The number of halogens is 2. The SMILES string of the molecule is O=C(OCc1ccc2c(Br)cc(Br)c(O)c2n1)c1c[nH]c2ccccc12. The van der Waals surface area contributed by atoms with Gasteiger partial charge in [-0.2, -0.15) is 0 Å². The quantitative estimate of drug-likeness (QED) is 0.394. The Balaban J connectivity index is 1.60. The van der Waals surface area contributed by atoms with Gasteiger partial charge in [-0.15, -0.1) is 0 Å². The molecule has 0 amide bonds. The number of aromatic nitrogens is 2. The molecular weight excluding hydrogens is 464 g/mol. The third-order valence-corrected chi connectivity index (χ3v) is 5.34. The van der Waals surface area contributed by atoms with Gasteiger partial charge in [0.1, 0.15) is 12.1 Å². The first kappa shape index (κ1) is 17.1. The smallest absolute Gasteiger partial charge is 0.340 e. The Kier molecular flexibility index (Phi) is 4.42. The van der Waals surface area contributed by atoms with Gasteiger partial charge in [0.05, 0.1) is 15.7 Å². The van der Waals surface area contributed by atoms with E-state index in [1.54, 1.807) is 18.3 Å². The summed E-state index contributed by atoms with van der Waals surface area (Å²) < 4.78 is 6.75. The summed E-state index contributed by atoms with van der Waals surface area (Å²) in [6, 6.07) is 12.9. The highest BCUT2D eigenvalue weighted by atomic mass is 79.9. The zero-order chi connectivity index (χ0) is 18.3. The number of hydrogen-bond donors (Lipinski definition) is 2. The minimum atomic E-state index is -0.427. The second-order valence-electron chi connectivity index (χ2n) is 5.71. The van der Waals surface area contributed by atoms with Gasteiger partial charge in [-0.3, -0.25) is 0 Å². The van der Waals surface area contributed by atoms with Crippen molar-refractivity contribution in [1.82, 2.24) is 9.97 Å². The third kappa shape index (κ3) is 2.97. The summed E-state index contributed by atoms with van der Waals surface area (Å²) >= 11 is 6.74. The molecule has 0 bridgehead atoms.